The molecule has 5 heteroatoms. The summed E-state index contributed by atoms with van der Waals surface area (Å²) >= 11 is 0. The zero-order valence-electron chi connectivity index (χ0n) is 10.2. The van der Waals surface area contributed by atoms with E-state index in [1.807, 2.05) is 29.9 Å². The molecule has 0 aliphatic rings. The van der Waals surface area contributed by atoms with Gasteiger partial charge in [-0.15, -0.1) is 0 Å². The highest BCUT2D eigenvalue weighted by atomic mass is 16.5. The summed E-state index contributed by atoms with van der Waals surface area (Å²) in [6.45, 7) is 0. The Balaban J connectivity index is 2.19. The van der Waals surface area contributed by atoms with E-state index in [9.17, 15) is 0 Å². The van der Waals surface area contributed by atoms with Crippen molar-refractivity contribution in [2.24, 2.45) is 7.05 Å². The maximum absolute atomic E-state index is 5.26. The molecule has 3 aromatic heterocycles. The Morgan fingerprint density at radius 2 is 2.11 bits per heavy atom. The molecule has 3 aromatic rings. The SMILES string of the molecule is COc1cncnc1-c1cnc2c(ccn2C)c1. The van der Waals surface area contributed by atoms with Gasteiger partial charge >= 0.3 is 0 Å². The molecule has 0 N–H and O–H groups in total. The Labute approximate surface area is 104 Å². The van der Waals surface area contributed by atoms with Crippen LogP contribution in [0.3, 0.4) is 0 Å². The van der Waals surface area contributed by atoms with Crippen LogP contribution in [-0.2, 0) is 7.05 Å². The number of aromatic nitrogens is 4. The minimum Gasteiger partial charge on any atom is -0.493 e. The number of ether oxygens (including phenoxy) is 1. The van der Waals surface area contributed by atoms with Gasteiger partial charge < -0.3 is 9.30 Å². The van der Waals surface area contributed by atoms with E-state index in [1.54, 1.807) is 19.5 Å². The number of aryl methyl sites for hydroxylation is 1. The zero-order chi connectivity index (χ0) is 12.5. The van der Waals surface area contributed by atoms with Crippen LogP contribution in [0.1, 0.15) is 0 Å². The molecule has 0 aliphatic heterocycles. The Hall–Kier alpha value is -2.43. The van der Waals surface area contributed by atoms with Crippen molar-refractivity contribution < 1.29 is 4.74 Å². The Kier molecular flexibility index (Phi) is 2.44. The van der Waals surface area contributed by atoms with Crippen molar-refractivity contribution in [3.8, 4) is 17.0 Å². The highest BCUT2D eigenvalue weighted by Crippen LogP contribution is 2.27. The maximum Gasteiger partial charge on any atom is 0.163 e. The normalized spacial score (nSPS) is 10.8. The molecule has 0 bridgehead atoms. The van der Waals surface area contributed by atoms with E-state index < -0.39 is 0 Å². The standard InChI is InChI=1S/C13H12N4O/c1-17-4-3-9-5-10(6-15-13(9)17)12-11(18-2)7-14-8-16-12/h3-8H,1-2H3. The van der Waals surface area contributed by atoms with Gasteiger partial charge in [-0.3, -0.25) is 0 Å². The van der Waals surface area contributed by atoms with Crippen molar-refractivity contribution in [2.45, 2.75) is 0 Å². The number of nitrogens with zero attached hydrogens (tertiary/aromatic N) is 4. The second kappa shape index (κ2) is 4.10. The molecule has 3 heterocycles. The third-order valence-corrected chi connectivity index (χ3v) is 2.88. The molecule has 3 rings (SSSR count). The van der Waals surface area contributed by atoms with Gasteiger partial charge in [-0.25, -0.2) is 15.0 Å². The summed E-state index contributed by atoms with van der Waals surface area (Å²) in [4.78, 5) is 12.6. The van der Waals surface area contributed by atoms with Crippen LogP contribution in [0, 0.1) is 0 Å². The molecule has 0 atom stereocenters. The zero-order valence-corrected chi connectivity index (χ0v) is 10.2. The van der Waals surface area contributed by atoms with Gasteiger partial charge in [-0.1, -0.05) is 0 Å². The highest BCUT2D eigenvalue weighted by Gasteiger charge is 2.09. The molecule has 18 heavy (non-hydrogen) atoms. The number of fused-ring (bicyclic) bond motifs is 1. The van der Waals surface area contributed by atoms with Gasteiger partial charge in [0.05, 0.1) is 13.3 Å². The number of hydrogen-bond donors (Lipinski definition) is 0. The lowest BCUT2D eigenvalue weighted by Crippen LogP contribution is -1.93. The lowest BCUT2D eigenvalue weighted by atomic mass is 10.1. The number of rotatable bonds is 2. The van der Waals surface area contributed by atoms with Gasteiger partial charge in [0.15, 0.2) is 5.75 Å². The monoisotopic (exact) mass is 240 g/mol. The van der Waals surface area contributed by atoms with Crippen LogP contribution in [0.4, 0.5) is 0 Å². The summed E-state index contributed by atoms with van der Waals surface area (Å²) in [5.74, 6) is 0.648. The Morgan fingerprint density at radius 1 is 1.22 bits per heavy atom. The van der Waals surface area contributed by atoms with Gasteiger partial charge in [0, 0.05) is 30.4 Å². The molecule has 0 fully saturated rings. The van der Waals surface area contributed by atoms with Crippen molar-refractivity contribution in [3.05, 3.63) is 37.1 Å². The Bertz CT molecular complexity index is 705. The average Bonchev–Trinajstić information content (AvgIpc) is 2.80. The molecular weight excluding hydrogens is 228 g/mol. The second-order valence-electron chi connectivity index (χ2n) is 4.00. The van der Waals surface area contributed by atoms with E-state index in [2.05, 4.69) is 15.0 Å². The minimum atomic E-state index is 0.648. The molecular formula is C13H12N4O. The van der Waals surface area contributed by atoms with Gasteiger partial charge in [0.25, 0.3) is 0 Å². The molecule has 0 unspecified atom stereocenters. The lowest BCUT2D eigenvalue weighted by molar-refractivity contribution is 0.412. The van der Waals surface area contributed by atoms with Crippen molar-refractivity contribution in [1.29, 1.82) is 0 Å². The van der Waals surface area contributed by atoms with E-state index in [4.69, 9.17) is 4.74 Å². The van der Waals surface area contributed by atoms with Gasteiger partial charge in [0.1, 0.15) is 17.7 Å². The van der Waals surface area contributed by atoms with Crippen LogP contribution in [0.15, 0.2) is 37.1 Å². The van der Waals surface area contributed by atoms with Crippen LogP contribution in [0.5, 0.6) is 5.75 Å². The number of pyridine rings is 1. The van der Waals surface area contributed by atoms with E-state index in [-0.39, 0.29) is 0 Å². The molecule has 0 saturated carbocycles. The fourth-order valence-electron chi connectivity index (χ4n) is 1.97. The summed E-state index contributed by atoms with van der Waals surface area (Å²) in [5, 5.41) is 1.08. The van der Waals surface area contributed by atoms with Crippen molar-refractivity contribution >= 4 is 11.0 Å². The van der Waals surface area contributed by atoms with Gasteiger partial charge in [-0.2, -0.15) is 0 Å². The quantitative estimate of drug-likeness (QED) is 0.687. The summed E-state index contributed by atoms with van der Waals surface area (Å²) in [7, 11) is 3.58. The third kappa shape index (κ3) is 1.60. The van der Waals surface area contributed by atoms with Crippen LogP contribution in [0.25, 0.3) is 22.3 Å². The second-order valence-corrected chi connectivity index (χ2v) is 4.00. The van der Waals surface area contributed by atoms with E-state index >= 15 is 0 Å². The fourth-order valence-corrected chi connectivity index (χ4v) is 1.97. The first-order valence-electron chi connectivity index (χ1n) is 5.55. The van der Waals surface area contributed by atoms with Crippen LogP contribution in [-0.4, -0.2) is 26.6 Å². The molecule has 0 spiro atoms. The Morgan fingerprint density at radius 3 is 2.94 bits per heavy atom. The van der Waals surface area contributed by atoms with E-state index in [0.717, 1.165) is 22.3 Å². The maximum atomic E-state index is 5.26. The van der Waals surface area contributed by atoms with E-state index in [0.29, 0.717) is 5.75 Å². The molecule has 0 radical (unpaired) electrons. The van der Waals surface area contributed by atoms with Gasteiger partial charge in [-0.05, 0) is 12.1 Å². The van der Waals surface area contributed by atoms with Crippen LogP contribution >= 0.6 is 0 Å². The molecule has 0 saturated heterocycles. The topological polar surface area (TPSA) is 52.8 Å². The van der Waals surface area contributed by atoms with Crippen LogP contribution in [0.2, 0.25) is 0 Å². The van der Waals surface area contributed by atoms with Crippen molar-refractivity contribution in [1.82, 2.24) is 19.5 Å². The summed E-state index contributed by atoms with van der Waals surface area (Å²) in [5.41, 5.74) is 2.63. The van der Waals surface area contributed by atoms with Crippen molar-refractivity contribution in [2.75, 3.05) is 7.11 Å². The summed E-state index contributed by atoms with van der Waals surface area (Å²) in [6, 6.07) is 4.08. The van der Waals surface area contributed by atoms with Gasteiger partial charge in [0.2, 0.25) is 0 Å². The first-order chi connectivity index (χ1) is 8.79. The molecule has 0 amide bonds. The predicted molar refractivity (Wildman–Crippen MR) is 68.3 cm³/mol. The highest BCUT2D eigenvalue weighted by molar-refractivity contribution is 5.82. The first kappa shape index (κ1) is 10.7. The van der Waals surface area contributed by atoms with Crippen molar-refractivity contribution in [3.63, 3.8) is 0 Å². The predicted octanol–water partition coefficient (Wildman–Crippen LogP) is 2.04. The third-order valence-electron chi connectivity index (χ3n) is 2.88. The summed E-state index contributed by atoms with van der Waals surface area (Å²) in [6.07, 6.45) is 6.94. The molecule has 0 aliphatic carbocycles. The lowest BCUT2D eigenvalue weighted by Gasteiger charge is -2.06. The first-order valence-corrected chi connectivity index (χ1v) is 5.55. The molecule has 0 aromatic carbocycles. The van der Waals surface area contributed by atoms with E-state index in [1.165, 1.54) is 6.33 Å². The largest absolute Gasteiger partial charge is 0.493 e. The smallest absolute Gasteiger partial charge is 0.163 e. The molecule has 5 nitrogen and oxygen atoms in total. The average molecular weight is 240 g/mol. The minimum absolute atomic E-state index is 0.648. The fraction of sp³-hybridized carbons (Fsp3) is 0.154. The molecule has 90 valence electrons. The number of methoxy groups -OCH3 is 1. The van der Waals surface area contributed by atoms with Crippen LogP contribution < -0.4 is 4.74 Å². The number of hydrogen-bond acceptors (Lipinski definition) is 4. The summed E-state index contributed by atoms with van der Waals surface area (Å²) < 4.78 is 7.24.